The molecule has 17 heavy (non-hydrogen) atoms. The molecule has 0 bridgehead atoms. The van der Waals surface area contributed by atoms with Gasteiger partial charge in [-0.2, -0.15) is 10.1 Å². The molecule has 2 amide bonds. The van der Waals surface area contributed by atoms with Crippen LogP contribution in [0.2, 0.25) is 0 Å². The minimum Gasteiger partial charge on any atom is -0.396 e. The predicted molar refractivity (Wildman–Crippen MR) is 63.6 cm³/mol. The number of hydrogen-bond donors (Lipinski definition) is 3. The fourth-order valence-corrected chi connectivity index (χ4v) is 1.39. The van der Waals surface area contributed by atoms with Crippen molar-refractivity contribution in [2.45, 2.75) is 32.2 Å². The lowest BCUT2D eigenvalue weighted by Crippen LogP contribution is -2.48. The summed E-state index contributed by atoms with van der Waals surface area (Å²) in [6.45, 7) is 3.88. The molecular weight excluding hydrogens is 222 g/mol. The molecule has 1 aromatic rings. The Bertz CT molecular complexity index is 379. The molecule has 0 fully saturated rings. The number of hydrogen-bond acceptors (Lipinski definition) is 4. The van der Waals surface area contributed by atoms with E-state index >= 15 is 0 Å². The van der Waals surface area contributed by atoms with E-state index in [1.165, 1.54) is 11.0 Å². The molecule has 0 spiro atoms. The SMILES string of the molecule is CCC(C)(CCO)NC(=O)Nc1ncnn1C. The second-order valence-electron chi connectivity index (χ2n) is 4.17. The summed E-state index contributed by atoms with van der Waals surface area (Å²) in [5.74, 6) is 0.380. The molecule has 1 atom stereocenters. The molecule has 0 aliphatic heterocycles. The van der Waals surface area contributed by atoms with Crippen LogP contribution in [-0.4, -0.2) is 38.0 Å². The molecule has 1 heterocycles. The molecule has 3 N–H and O–H groups in total. The van der Waals surface area contributed by atoms with E-state index in [9.17, 15) is 4.79 Å². The van der Waals surface area contributed by atoms with Gasteiger partial charge in [-0.1, -0.05) is 6.92 Å². The monoisotopic (exact) mass is 241 g/mol. The second kappa shape index (κ2) is 5.62. The van der Waals surface area contributed by atoms with E-state index in [1.807, 2.05) is 13.8 Å². The summed E-state index contributed by atoms with van der Waals surface area (Å²) in [6, 6.07) is -0.348. The highest BCUT2D eigenvalue weighted by atomic mass is 16.3. The van der Waals surface area contributed by atoms with Crippen LogP contribution in [0.15, 0.2) is 6.33 Å². The average molecular weight is 241 g/mol. The lowest BCUT2D eigenvalue weighted by molar-refractivity contribution is 0.208. The second-order valence-corrected chi connectivity index (χ2v) is 4.17. The number of amides is 2. The lowest BCUT2D eigenvalue weighted by Gasteiger charge is -2.28. The smallest absolute Gasteiger partial charge is 0.322 e. The summed E-state index contributed by atoms with van der Waals surface area (Å²) in [5, 5.41) is 18.2. The van der Waals surface area contributed by atoms with Crippen molar-refractivity contribution in [3.8, 4) is 0 Å². The van der Waals surface area contributed by atoms with Crippen LogP contribution in [0.1, 0.15) is 26.7 Å². The number of nitrogens with zero attached hydrogens (tertiary/aromatic N) is 3. The van der Waals surface area contributed by atoms with Crippen LogP contribution in [-0.2, 0) is 7.05 Å². The number of aryl methyl sites for hydroxylation is 1. The van der Waals surface area contributed by atoms with Crippen LogP contribution in [0.25, 0.3) is 0 Å². The van der Waals surface area contributed by atoms with Gasteiger partial charge < -0.3 is 10.4 Å². The summed E-state index contributed by atoms with van der Waals surface area (Å²) in [6.07, 6.45) is 2.61. The molecule has 7 nitrogen and oxygen atoms in total. The first kappa shape index (κ1) is 13.4. The summed E-state index contributed by atoms with van der Waals surface area (Å²) < 4.78 is 1.47. The number of anilines is 1. The number of aliphatic hydroxyl groups is 1. The van der Waals surface area contributed by atoms with E-state index in [2.05, 4.69) is 20.7 Å². The van der Waals surface area contributed by atoms with Crippen molar-refractivity contribution in [2.24, 2.45) is 7.05 Å². The maximum absolute atomic E-state index is 11.7. The quantitative estimate of drug-likeness (QED) is 0.699. The van der Waals surface area contributed by atoms with Gasteiger partial charge in [0.1, 0.15) is 6.33 Å². The highest BCUT2D eigenvalue weighted by Crippen LogP contribution is 2.13. The van der Waals surface area contributed by atoms with Gasteiger partial charge in [0.25, 0.3) is 0 Å². The maximum Gasteiger partial charge on any atom is 0.322 e. The summed E-state index contributed by atoms with van der Waals surface area (Å²) in [7, 11) is 1.69. The van der Waals surface area contributed by atoms with Crippen LogP contribution < -0.4 is 10.6 Å². The third-order valence-corrected chi connectivity index (χ3v) is 2.80. The maximum atomic E-state index is 11.7. The van der Waals surface area contributed by atoms with E-state index < -0.39 is 5.54 Å². The Morgan fingerprint density at radius 2 is 2.35 bits per heavy atom. The number of rotatable bonds is 5. The Balaban J connectivity index is 2.57. The van der Waals surface area contributed by atoms with Crippen molar-refractivity contribution in [1.82, 2.24) is 20.1 Å². The van der Waals surface area contributed by atoms with Crippen LogP contribution >= 0.6 is 0 Å². The highest BCUT2D eigenvalue weighted by molar-refractivity contribution is 5.87. The van der Waals surface area contributed by atoms with Gasteiger partial charge in [-0.05, 0) is 19.8 Å². The summed E-state index contributed by atoms with van der Waals surface area (Å²) >= 11 is 0. The Morgan fingerprint density at radius 1 is 1.65 bits per heavy atom. The topological polar surface area (TPSA) is 92.1 Å². The molecule has 0 saturated carbocycles. The Morgan fingerprint density at radius 3 is 2.82 bits per heavy atom. The molecular formula is C10H19N5O2. The van der Waals surface area contributed by atoms with E-state index in [-0.39, 0.29) is 12.6 Å². The van der Waals surface area contributed by atoms with Gasteiger partial charge >= 0.3 is 6.03 Å². The Hall–Kier alpha value is -1.63. The molecule has 1 rings (SSSR count). The molecule has 0 aromatic carbocycles. The van der Waals surface area contributed by atoms with Gasteiger partial charge in [0.2, 0.25) is 5.95 Å². The Kier molecular flexibility index (Phi) is 4.45. The molecule has 0 aliphatic rings. The van der Waals surface area contributed by atoms with Gasteiger partial charge in [-0.15, -0.1) is 0 Å². The third-order valence-electron chi connectivity index (χ3n) is 2.80. The van der Waals surface area contributed by atoms with Gasteiger partial charge in [0.15, 0.2) is 0 Å². The first-order valence-corrected chi connectivity index (χ1v) is 5.55. The number of aliphatic hydroxyl groups excluding tert-OH is 1. The van der Waals surface area contributed by atoms with Crippen molar-refractivity contribution in [1.29, 1.82) is 0 Å². The van der Waals surface area contributed by atoms with Crippen molar-refractivity contribution < 1.29 is 9.90 Å². The van der Waals surface area contributed by atoms with Crippen LogP contribution in [0, 0.1) is 0 Å². The minimum atomic E-state index is -0.419. The molecule has 0 aliphatic carbocycles. The van der Waals surface area contributed by atoms with E-state index in [0.717, 1.165) is 6.42 Å². The number of aromatic nitrogens is 3. The third kappa shape index (κ3) is 3.70. The van der Waals surface area contributed by atoms with Gasteiger partial charge in [0, 0.05) is 19.2 Å². The summed E-state index contributed by atoms with van der Waals surface area (Å²) in [5.41, 5.74) is -0.419. The van der Waals surface area contributed by atoms with Crippen LogP contribution in [0.3, 0.4) is 0 Å². The molecule has 1 unspecified atom stereocenters. The first-order chi connectivity index (χ1) is 8.00. The fourth-order valence-electron chi connectivity index (χ4n) is 1.39. The fraction of sp³-hybridized carbons (Fsp3) is 0.700. The highest BCUT2D eigenvalue weighted by Gasteiger charge is 2.24. The molecule has 7 heteroatoms. The molecule has 0 radical (unpaired) electrons. The number of urea groups is 1. The van der Waals surface area contributed by atoms with Gasteiger partial charge in [-0.3, -0.25) is 5.32 Å². The average Bonchev–Trinajstić information content (AvgIpc) is 2.64. The number of carbonyl (C=O) groups is 1. The van der Waals surface area contributed by atoms with Crippen molar-refractivity contribution in [3.05, 3.63) is 6.33 Å². The van der Waals surface area contributed by atoms with Crippen molar-refractivity contribution >= 4 is 12.0 Å². The van der Waals surface area contributed by atoms with E-state index in [0.29, 0.717) is 12.4 Å². The van der Waals surface area contributed by atoms with Gasteiger partial charge in [-0.25, -0.2) is 9.48 Å². The van der Waals surface area contributed by atoms with Crippen molar-refractivity contribution in [2.75, 3.05) is 11.9 Å². The normalized spacial score (nSPS) is 14.1. The van der Waals surface area contributed by atoms with Crippen LogP contribution in [0.5, 0.6) is 0 Å². The number of nitrogens with one attached hydrogen (secondary N) is 2. The molecule has 1 aromatic heterocycles. The largest absolute Gasteiger partial charge is 0.396 e. The Labute approximate surface area is 100 Å². The van der Waals surface area contributed by atoms with E-state index in [1.54, 1.807) is 7.05 Å². The minimum absolute atomic E-state index is 0.0363. The van der Waals surface area contributed by atoms with Gasteiger partial charge in [0.05, 0.1) is 0 Å². The first-order valence-electron chi connectivity index (χ1n) is 5.55. The lowest BCUT2D eigenvalue weighted by atomic mass is 9.95. The summed E-state index contributed by atoms with van der Waals surface area (Å²) in [4.78, 5) is 15.6. The van der Waals surface area contributed by atoms with E-state index in [4.69, 9.17) is 5.11 Å². The molecule has 0 saturated heterocycles. The predicted octanol–water partition coefficient (Wildman–Crippen LogP) is 0.488. The zero-order valence-electron chi connectivity index (χ0n) is 10.4. The zero-order valence-corrected chi connectivity index (χ0v) is 10.4. The number of carbonyl (C=O) groups excluding carboxylic acids is 1. The van der Waals surface area contributed by atoms with Crippen LogP contribution in [0.4, 0.5) is 10.7 Å². The van der Waals surface area contributed by atoms with Crippen molar-refractivity contribution in [3.63, 3.8) is 0 Å². The molecule has 96 valence electrons. The standard InChI is InChI=1S/C10H19N5O2/c1-4-10(2,5-6-16)14-9(17)13-8-11-7-12-15(8)3/h7,16H,4-6H2,1-3H3,(H2,11,12,13,14,17). The zero-order chi connectivity index (χ0) is 12.9.